The summed E-state index contributed by atoms with van der Waals surface area (Å²) in [5.74, 6) is 1.98. The Hall–Kier alpha value is -1.28. The summed E-state index contributed by atoms with van der Waals surface area (Å²) < 4.78 is 0. The Morgan fingerprint density at radius 2 is 2.06 bits per heavy atom. The lowest BCUT2D eigenvalue weighted by Gasteiger charge is -2.01. The molecule has 1 aromatic heterocycles. The predicted molar refractivity (Wildman–Crippen MR) is 72.0 cm³/mol. The van der Waals surface area contributed by atoms with Gasteiger partial charge in [0, 0.05) is 33.6 Å². The lowest BCUT2D eigenvalue weighted by atomic mass is 10.0. The minimum Gasteiger partial charge on any atom is -0.360 e. The Labute approximate surface area is 110 Å². The Balaban J connectivity index is 1.72. The van der Waals surface area contributed by atoms with E-state index in [2.05, 4.69) is 4.98 Å². The zero-order chi connectivity index (χ0) is 12.3. The third-order valence-electron chi connectivity index (χ3n) is 4.62. The SMILES string of the molecule is O=C(c1c[nH]c2cc(Cl)ccc12)C1C2CCCC21. The van der Waals surface area contributed by atoms with Crippen LogP contribution in [0.3, 0.4) is 0 Å². The number of aromatic amines is 1. The fourth-order valence-corrected chi connectivity index (χ4v) is 3.86. The fourth-order valence-electron chi connectivity index (χ4n) is 3.69. The molecule has 1 aromatic carbocycles. The van der Waals surface area contributed by atoms with Crippen LogP contribution in [0.4, 0.5) is 0 Å². The number of halogens is 1. The summed E-state index contributed by atoms with van der Waals surface area (Å²) in [6.07, 6.45) is 5.64. The number of fused-ring (bicyclic) bond motifs is 2. The first-order chi connectivity index (χ1) is 8.75. The lowest BCUT2D eigenvalue weighted by Crippen LogP contribution is -2.05. The van der Waals surface area contributed by atoms with Gasteiger partial charge in [-0.15, -0.1) is 0 Å². The molecule has 1 N–H and O–H groups in total. The number of hydrogen-bond acceptors (Lipinski definition) is 1. The van der Waals surface area contributed by atoms with Gasteiger partial charge in [-0.1, -0.05) is 24.1 Å². The quantitative estimate of drug-likeness (QED) is 0.811. The third-order valence-corrected chi connectivity index (χ3v) is 4.85. The van der Waals surface area contributed by atoms with E-state index in [4.69, 9.17) is 11.6 Å². The molecule has 18 heavy (non-hydrogen) atoms. The molecule has 4 rings (SSSR count). The highest BCUT2D eigenvalue weighted by molar-refractivity contribution is 6.31. The number of H-pyrrole nitrogens is 1. The summed E-state index contributed by atoms with van der Waals surface area (Å²) in [4.78, 5) is 15.7. The van der Waals surface area contributed by atoms with Gasteiger partial charge in [0.25, 0.3) is 0 Å². The van der Waals surface area contributed by atoms with Crippen molar-refractivity contribution in [1.29, 1.82) is 0 Å². The number of rotatable bonds is 2. The van der Waals surface area contributed by atoms with Crippen molar-refractivity contribution >= 4 is 28.3 Å². The van der Waals surface area contributed by atoms with Gasteiger partial charge < -0.3 is 4.98 Å². The molecule has 2 nitrogen and oxygen atoms in total. The van der Waals surface area contributed by atoms with E-state index >= 15 is 0 Å². The van der Waals surface area contributed by atoms with Gasteiger partial charge in [-0.05, 0) is 36.8 Å². The van der Waals surface area contributed by atoms with E-state index in [1.165, 1.54) is 19.3 Å². The van der Waals surface area contributed by atoms with E-state index in [-0.39, 0.29) is 0 Å². The van der Waals surface area contributed by atoms with E-state index in [1.807, 2.05) is 24.4 Å². The zero-order valence-corrected chi connectivity index (χ0v) is 10.7. The summed E-state index contributed by atoms with van der Waals surface area (Å²) in [7, 11) is 0. The average molecular weight is 260 g/mol. The van der Waals surface area contributed by atoms with Crippen LogP contribution in [0.2, 0.25) is 5.02 Å². The van der Waals surface area contributed by atoms with Crippen LogP contribution in [-0.2, 0) is 0 Å². The molecule has 2 atom stereocenters. The first-order valence-electron chi connectivity index (χ1n) is 6.56. The van der Waals surface area contributed by atoms with Crippen molar-refractivity contribution in [3.05, 3.63) is 35.0 Å². The fraction of sp³-hybridized carbons (Fsp3) is 0.400. The number of nitrogens with one attached hydrogen (secondary N) is 1. The normalized spacial score (nSPS) is 29.5. The number of Topliss-reactive ketones (excluding diaryl/α,β-unsaturated/α-hetero) is 1. The molecule has 2 fully saturated rings. The second-order valence-electron chi connectivity index (χ2n) is 5.54. The molecule has 0 spiro atoms. The smallest absolute Gasteiger partial charge is 0.168 e. The van der Waals surface area contributed by atoms with E-state index in [1.54, 1.807) is 0 Å². The van der Waals surface area contributed by atoms with Crippen LogP contribution in [0, 0.1) is 17.8 Å². The molecule has 2 saturated carbocycles. The monoisotopic (exact) mass is 259 g/mol. The van der Waals surface area contributed by atoms with E-state index in [9.17, 15) is 4.79 Å². The predicted octanol–water partition coefficient (Wildman–Crippen LogP) is 4.05. The van der Waals surface area contributed by atoms with Crippen LogP contribution in [0.5, 0.6) is 0 Å². The highest BCUT2D eigenvalue weighted by Crippen LogP contribution is 2.58. The van der Waals surface area contributed by atoms with Crippen LogP contribution < -0.4 is 0 Å². The molecule has 0 bridgehead atoms. The summed E-state index contributed by atoms with van der Waals surface area (Å²) in [6.45, 7) is 0. The van der Waals surface area contributed by atoms with Crippen molar-refractivity contribution in [2.45, 2.75) is 19.3 Å². The second-order valence-corrected chi connectivity index (χ2v) is 5.98. The van der Waals surface area contributed by atoms with Crippen LogP contribution in [0.1, 0.15) is 29.6 Å². The number of ketones is 1. The van der Waals surface area contributed by atoms with Gasteiger partial charge in [0.1, 0.15) is 0 Å². The molecule has 92 valence electrons. The van der Waals surface area contributed by atoms with Crippen molar-refractivity contribution in [3.8, 4) is 0 Å². The number of hydrogen-bond donors (Lipinski definition) is 1. The number of carbonyl (C=O) groups excluding carboxylic acids is 1. The van der Waals surface area contributed by atoms with Gasteiger partial charge in [0.05, 0.1) is 0 Å². The average Bonchev–Trinajstić information content (AvgIpc) is 2.77. The maximum Gasteiger partial charge on any atom is 0.168 e. The standard InChI is InChI=1S/C15H14ClNO/c16-8-4-5-9-12(7-17-13(9)6-8)15(18)14-10-2-1-3-11(10)14/h4-7,10-11,14,17H,1-3H2. The molecule has 3 heteroatoms. The topological polar surface area (TPSA) is 32.9 Å². The summed E-state index contributed by atoms with van der Waals surface area (Å²) in [5, 5.41) is 1.71. The van der Waals surface area contributed by atoms with Gasteiger partial charge in [-0.3, -0.25) is 4.79 Å². The minimum atomic E-state index is 0.299. The molecular weight excluding hydrogens is 246 g/mol. The second kappa shape index (κ2) is 3.61. The first-order valence-corrected chi connectivity index (χ1v) is 6.94. The maximum absolute atomic E-state index is 12.5. The molecule has 0 amide bonds. The molecule has 1 heterocycles. The summed E-state index contributed by atoms with van der Waals surface area (Å²) >= 11 is 5.96. The molecule has 0 saturated heterocycles. The largest absolute Gasteiger partial charge is 0.360 e. The highest BCUT2D eigenvalue weighted by atomic mass is 35.5. The van der Waals surface area contributed by atoms with Crippen molar-refractivity contribution in [3.63, 3.8) is 0 Å². The lowest BCUT2D eigenvalue weighted by molar-refractivity contribution is 0.0953. The van der Waals surface area contributed by atoms with E-state index < -0.39 is 0 Å². The summed E-state index contributed by atoms with van der Waals surface area (Å²) in [6, 6.07) is 5.67. The third kappa shape index (κ3) is 1.39. The van der Waals surface area contributed by atoms with Crippen molar-refractivity contribution in [2.24, 2.45) is 17.8 Å². The molecule has 2 aliphatic carbocycles. The Morgan fingerprint density at radius 3 is 2.83 bits per heavy atom. The minimum absolute atomic E-state index is 0.299. The van der Waals surface area contributed by atoms with Crippen molar-refractivity contribution < 1.29 is 4.79 Å². The van der Waals surface area contributed by atoms with Gasteiger partial charge in [-0.25, -0.2) is 0 Å². The Kier molecular flexibility index (Phi) is 2.13. The van der Waals surface area contributed by atoms with Crippen LogP contribution in [0.25, 0.3) is 10.9 Å². The molecule has 2 unspecified atom stereocenters. The van der Waals surface area contributed by atoms with Gasteiger partial charge >= 0.3 is 0 Å². The first kappa shape index (κ1) is 10.6. The Bertz CT molecular complexity index is 635. The Morgan fingerprint density at radius 1 is 1.28 bits per heavy atom. The summed E-state index contributed by atoms with van der Waals surface area (Å²) in [5.41, 5.74) is 1.80. The van der Waals surface area contributed by atoms with E-state index in [0.29, 0.717) is 28.6 Å². The molecular formula is C15H14ClNO. The maximum atomic E-state index is 12.5. The van der Waals surface area contributed by atoms with Gasteiger partial charge in [0.15, 0.2) is 5.78 Å². The van der Waals surface area contributed by atoms with Crippen molar-refractivity contribution in [2.75, 3.05) is 0 Å². The number of carbonyl (C=O) groups is 1. The van der Waals surface area contributed by atoms with Crippen LogP contribution in [-0.4, -0.2) is 10.8 Å². The highest BCUT2D eigenvalue weighted by Gasteiger charge is 2.56. The number of benzene rings is 1. The van der Waals surface area contributed by atoms with Gasteiger partial charge in [-0.2, -0.15) is 0 Å². The molecule has 2 aromatic rings. The van der Waals surface area contributed by atoms with Crippen LogP contribution >= 0.6 is 11.6 Å². The molecule has 0 aliphatic heterocycles. The van der Waals surface area contributed by atoms with Crippen molar-refractivity contribution in [1.82, 2.24) is 4.98 Å². The van der Waals surface area contributed by atoms with E-state index in [0.717, 1.165) is 16.5 Å². The molecule has 2 aliphatic rings. The molecule has 0 radical (unpaired) electrons. The van der Waals surface area contributed by atoms with Crippen LogP contribution in [0.15, 0.2) is 24.4 Å². The number of aromatic nitrogens is 1. The zero-order valence-electron chi connectivity index (χ0n) is 9.95. The van der Waals surface area contributed by atoms with Gasteiger partial charge in [0.2, 0.25) is 0 Å².